The van der Waals surface area contributed by atoms with Crippen LogP contribution in [0.15, 0.2) is 66.1 Å². The van der Waals surface area contributed by atoms with Gasteiger partial charge in [0, 0.05) is 34.8 Å². The number of nitrogens with one attached hydrogen (secondary N) is 1. The normalized spacial score (nSPS) is 23.6. The van der Waals surface area contributed by atoms with E-state index in [4.69, 9.17) is 9.47 Å². The summed E-state index contributed by atoms with van der Waals surface area (Å²) in [5, 5.41) is 3.23. The van der Waals surface area contributed by atoms with Crippen molar-refractivity contribution in [2.45, 2.75) is 41.6 Å². The van der Waals surface area contributed by atoms with E-state index < -0.39 is 9.84 Å². The Hall–Kier alpha value is -2.49. The second-order valence-electron chi connectivity index (χ2n) is 8.91. The molecule has 0 aliphatic carbocycles. The van der Waals surface area contributed by atoms with Gasteiger partial charge in [0.25, 0.3) is 0 Å². The molecule has 2 heterocycles. The van der Waals surface area contributed by atoms with Crippen molar-refractivity contribution in [2.75, 3.05) is 31.8 Å². The number of sulfone groups is 1. The maximum absolute atomic E-state index is 13.3. The zero-order valence-corrected chi connectivity index (χ0v) is 21.5. The zero-order chi connectivity index (χ0) is 24.8. The number of ether oxygens (including phenoxy) is 2. The van der Waals surface area contributed by atoms with Gasteiger partial charge in [0.05, 0.1) is 24.7 Å². The number of amides is 1. The molecule has 2 aliphatic heterocycles. The Kier molecular flexibility index (Phi) is 8.41. The Balaban J connectivity index is 1.50. The van der Waals surface area contributed by atoms with Crippen molar-refractivity contribution in [3.8, 4) is 11.5 Å². The van der Waals surface area contributed by atoms with Gasteiger partial charge in [0.1, 0.15) is 18.1 Å². The molecule has 1 unspecified atom stereocenters. The molecule has 9 heteroatoms. The first-order chi connectivity index (χ1) is 16.9. The Morgan fingerprint density at radius 3 is 2.69 bits per heavy atom. The number of benzene rings is 2. The first kappa shape index (κ1) is 25.6. The largest absolute Gasteiger partial charge is 0.497 e. The van der Waals surface area contributed by atoms with E-state index in [0.29, 0.717) is 26.0 Å². The highest BCUT2D eigenvalue weighted by Gasteiger charge is 2.39. The van der Waals surface area contributed by atoms with E-state index in [0.717, 1.165) is 28.5 Å². The smallest absolute Gasteiger partial charge is 0.237 e. The Morgan fingerprint density at radius 1 is 1.23 bits per heavy atom. The van der Waals surface area contributed by atoms with Crippen molar-refractivity contribution in [3.63, 3.8) is 0 Å². The van der Waals surface area contributed by atoms with Crippen LogP contribution >= 0.6 is 11.8 Å². The molecule has 0 bridgehead atoms. The van der Waals surface area contributed by atoms with Crippen molar-refractivity contribution >= 4 is 27.5 Å². The van der Waals surface area contributed by atoms with Gasteiger partial charge in [0.2, 0.25) is 5.91 Å². The van der Waals surface area contributed by atoms with Gasteiger partial charge in [0.15, 0.2) is 9.84 Å². The molecule has 4 rings (SSSR count). The van der Waals surface area contributed by atoms with E-state index in [1.54, 1.807) is 24.9 Å². The maximum Gasteiger partial charge on any atom is 0.237 e. The third-order valence-electron chi connectivity index (χ3n) is 6.31. The summed E-state index contributed by atoms with van der Waals surface area (Å²) >= 11 is 1.75. The van der Waals surface area contributed by atoms with Gasteiger partial charge in [-0.05, 0) is 43.2 Å². The molecule has 7 nitrogen and oxygen atoms in total. The minimum Gasteiger partial charge on any atom is -0.497 e. The average molecular weight is 517 g/mol. The van der Waals surface area contributed by atoms with Crippen LogP contribution in [-0.4, -0.2) is 68.3 Å². The van der Waals surface area contributed by atoms with Crippen LogP contribution in [0, 0.1) is 0 Å². The fraction of sp³-hybridized carbons (Fsp3) is 0.423. The van der Waals surface area contributed by atoms with E-state index in [-0.39, 0.29) is 34.7 Å². The third-order valence-corrected chi connectivity index (χ3v) is 9.30. The molecule has 0 aromatic heterocycles. The van der Waals surface area contributed by atoms with Crippen LogP contribution < -0.4 is 14.8 Å². The fourth-order valence-electron chi connectivity index (χ4n) is 4.59. The summed E-state index contributed by atoms with van der Waals surface area (Å²) in [6, 6.07) is 15.1. The molecule has 2 aromatic rings. The van der Waals surface area contributed by atoms with Gasteiger partial charge in [-0.15, -0.1) is 11.8 Å². The topological polar surface area (TPSA) is 84.9 Å². The number of para-hydroxylation sites is 1. The summed E-state index contributed by atoms with van der Waals surface area (Å²) in [7, 11) is -1.42. The van der Waals surface area contributed by atoms with E-state index in [1.807, 2.05) is 48.5 Å². The lowest BCUT2D eigenvalue weighted by Crippen LogP contribution is -2.47. The van der Waals surface area contributed by atoms with Gasteiger partial charge in [-0.2, -0.15) is 0 Å². The lowest BCUT2D eigenvalue weighted by Gasteiger charge is -2.25. The van der Waals surface area contributed by atoms with Crippen LogP contribution in [0.4, 0.5) is 0 Å². The van der Waals surface area contributed by atoms with E-state index >= 15 is 0 Å². The van der Waals surface area contributed by atoms with E-state index in [9.17, 15) is 13.2 Å². The summed E-state index contributed by atoms with van der Waals surface area (Å²) in [6.07, 6.45) is 2.86. The van der Waals surface area contributed by atoms with Gasteiger partial charge in [-0.1, -0.05) is 30.9 Å². The van der Waals surface area contributed by atoms with E-state index in [1.165, 1.54) is 0 Å². The summed E-state index contributed by atoms with van der Waals surface area (Å²) in [4.78, 5) is 16.6. The second kappa shape index (κ2) is 11.5. The molecule has 2 aromatic carbocycles. The lowest BCUT2D eigenvalue weighted by molar-refractivity contribution is -0.126. The number of nitrogens with zero attached hydrogens (tertiary/aromatic N) is 1. The first-order valence-corrected chi connectivity index (χ1v) is 14.4. The molecule has 0 spiro atoms. The molecule has 2 saturated heterocycles. The minimum atomic E-state index is -3.07. The van der Waals surface area contributed by atoms with Crippen LogP contribution in [0.1, 0.15) is 18.4 Å². The van der Waals surface area contributed by atoms with Crippen molar-refractivity contribution in [2.24, 2.45) is 0 Å². The van der Waals surface area contributed by atoms with Crippen molar-refractivity contribution in [3.05, 3.63) is 66.7 Å². The number of rotatable bonds is 10. The third kappa shape index (κ3) is 6.80. The molecular formula is C26H32N2O5S2. The predicted octanol–water partition coefficient (Wildman–Crippen LogP) is 3.30. The summed E-state index contributed by atoms with van der Waals surface area (Å²) < 4.78 is 34.9. The summed E-state index contributed by atoms with van der Waals surface area (Å²) in [5.41, 5.74) is 1.01. The van der Waals surface area contributed by atoms with Crippen LogP contribution in [0.5, 0.6) is 11.5 Å². The van der Waals surface area contributed by atoms with Crippen LogP contribution in [-0.2, 0) is 21.2 Å². The van der Waals surface area contributed by atoms with Crippen molar-refractivity contribution in [1.82, 2.24) is 10.2 Å². The van der Waals surface area contributed by atoms with Crippen LogP contribution in [0.3, 0.4) is 0 Å². The molecule has 0 radical (unpaired) electrons. The van der Waals surface area contributed by atoms with Gasteiger partial charge < -0.3 is 14.8 Å². The number of carbonyl (C=O) groups excluding carboxylic acids is 1. The highest BCUT2D eigenvalue weighted by Crippen LogP contribution is 2.35. The molecule has 1 amide bonds. The van der Waals surface area contributed by atoms with Crippen molar-refractivity contribution < 1.29 is 22.7 Å². The predicted molar refractivity (Wildman–Crippen MR) is 139 cm³/mol. The summed E-state index contributed by atoms with van der Waals surface area (Å²) in [6.45, 7) is 5.42. The Bertz CT molecular complexity index is 1140. The molecule has 2 fully saturated rings. The number of thioether (sulfide) groups is 1. The Morgan fingerprint density at radius 2 is 2.00 bits per heavy atom. The molecule has 1 N–H and O–H groups in total. The Labute approximate surface area is 211 Å². The maximum atomic E-state index is 13.3. The van der Waals surface area contributed by atoms with Gasteiger partial charge >= 0.3 is 0 Å². The van der Waals surface area contributed by atoms with E-state index in [2.05, 4.69) is 16.8 Å². The number of hydrogen-bond donors (Lipinski definition) is 1. The van der Waals surface area contributed by atoms with Crippen LogP contribution in [0.2, 0.25) is 0 Å². The summed E-state index contributed by atoms with van der Waals surface area (Å²) in [5.74, 6) is 1.64. The van der Waals surface area contributed by atoms with Crippen molar-refractivity contribution in [1.29, 1.82) is 0 Å². The molecule has 3 atom stereocenters. The highest BCUT2D eigenvalue weighted by atomic mass is 32.2. The van der Waals surface area contributed by atoms with Crippen LogP contribution in [0.25, 0.3) is 0 Å². The molecular weight excluding hydrogens is 484 g/mol. The average Bonchev–Trinajstić information content (AvgIpc) is 3.40. The fourth-order valence-corrected chi connectivity index (χ4v) is 7.49. The van der Waals surface area contributed by atoms with Gasteiger partial charge in [-0.3, -0.25) is 9.69 Å². The zero-order valence-electron chi connectivity index (χ0n) is 19.9. The molecule has 188 valence electrons. The molecule has 2 aliphatic rings. The number of methoxy groups -OCH3 is 1. The minimum absolute atomic E-state index is 0.0215. The highest BCUT2D eigenvalue weighted by molar-refractivity contribution is 8.00. The number of hydrogen-bond acceptors (Lipinski definition) is 7. The molecule has 0 saturated carbocycles. The number of carbonyl (C=O) groups is 1. The monoisotopic (exact) mass is 516 g/mol. The quantitative estimate of drug-likeness (QED) is 0.485. The standard InChI is InChI=1S/C26H32N2O5S2/c1-3-13-33-25-7-5-4-6-19(25)16-28-17-23(34-22-10-8-21(32-2)9-11-22)15-24(28)26(29)27-20-12-14-35(30,31)18-20/h3-11,20,23-24H,1,12-18H2,2H3,(H,27,29)/t20?,23-,24+/m1/s1. The first-order valence-electron chi connectivity index (χ1n) is 11.7. The molecule has 35 heavy (non-hydrogen) atoms. The lowest BCUT2D eigenvalue weighted by atomic mass is 10.1. The second-order valence-corrected chi connectivity index (χ2v) is 12.5. The van der Waals surface area contributed by atoms with Gasteiger partial charge in [-0.25, -0.2) is 8.42 Å². The number of likely N-dealkylation sites (tertiary alicyclic amines) is 1. The SMILES string of the molecule is C=CCOc1ccccc1CN1C[C@H](Sc2ccc(OC)cc2)C[C@H]1C(=O)NC1CCS(=O)(=O)C1.